The van der Waals surface area contributed by atoms with Gasteiger partial charge in [0.1, 0.15) is 11.3 Å². The van der Waals surface area contributed by atoms with Crippen molar-refractivity contribution < 1.29 is 8.42 Å². The molecule has 1 saturated carbocycles. The highest BCUT2D eigenvalue weighted by molar-refractivity contribution is 7.90. The Hall–Kier alpha value is -2.89. The SMILES string of the molecule is N#CCC1CCCCC1.O=S(=O)(c1ccccc1)n1ccc2c3nc(CCl)[nH]c3cnc21. The molecule has 32 heavy (non-hydrogen) atoms. The second-order valence-electron chi connectivity index (χ2n) is 7.87. The van der Waals surface area contributed by atoms with Crippen molar-refractivity contribution in [2.75, 3.05) is 0 Å². The lowest BCUT2D eigenvalue weighted by atomic mass is 9.87. The van der Waals surface area contributed by atoms with E-state index >= 15 is 0 Å². The number of benzene rings is 1. The molecule has 7 nitrogen and oxygen atoms in total. The molecule has 9 heteroatoms. The highest BCUT2D eigenvalue weighted by Gasteiger charge is 2.21. The van der Waals surface area contributed by atoms with Gasteiger partial charge in [0.05, 0.1) is 28.6 Å². The fraction of sp³-hybridized carbons (Fsp3) is 0.348. The van der Waals surface area contributed by atoms with Gasteiger partial charge in [0.2, 0.25) is 0 Å². The van der Waals surface area contributed by atoms with Crippen LogP contribution in [0, 0.1) is 17.2 Å². The summed E-state index contributed by atoms with van der Waals surface area (Å²) in [6.45, 7) is 0. The molecule has 3 heterocycles. The largest absolute Gasteiger partial charge is 0.340 e. The van der Waals surface area contributed by atoms with E-state index in [2.05, 4.69) is 21.0 Å². The van der Waals surface area contributed by atoms with Crippen LogP contribution >= 0.6 is 11.6 Å². The monoisotopic (exact) mass is 469 g/mol. The first-order valence-corrected chi connectivity index (χ1v) is 12.6. The second kappa shape index (κ2) is 9.72. The maximum absolute atomic E-state index is 12.8. The highest BCUT2D eigenvalue weighted by Crippen LogP contribution is 2.27. The Bertz CT molecular complexity index is 1350. The maximum Gasteiger partial charge on any atom is 0.269 e. The van der Waals surface area contributed by atoms with E-state index in [9.17, 15) is 8.42 Å². The molecule has 1 aliphatic carbocycles. The van der Waals surface area contributed by atoms with Crippen molar-refractivity contribution in [3.63, 3.8) is 0 Å². The molecule has 0 bridgehead atoms. The first kappa shape index (κ1) is 22.3. The van der Waals surface area contributed by atoms with Gasteiger partial charge in [-0.1, -0.05) is 37.5 Å². The number of nitriles is 1. The fourth-order valence-electron chi connectivity index (χ4n) is 4.06. The van der Waals surface area contributed by atoms with Crippen molar-refractivity contribution in [2.45, 2.75) is 49.3 Å². The zero-order valence-electron chi connectivity index (χ0n) is 17.5. The molecule has 0 atom stereocenters. The molecule has 0 unspecified atom stereocenters. The van der Waals surface area contributed by atoms with Crippen molar-refractivity contribution in [3.05, 3.63) is 54.6 Å². The third-order valence-electron chi connectivity index (χ3n) is 5.71. The summed E-state index contributed by atoms with van der Waals surface area (Å²) < 4.78 is 26.7. The first-order chi connectivity index (χ1) is 15.5. The Morgan fingerprint density at radius 2 is 1.91 bits per heavy atom. The summed E-state index contributed by atoms with van der Waals surface area (Å²) in [6, 6.07) is 12.2. The molecule has 1 aromatic carbocycles. The normalized spacial score (nSPS) is 14.8. The average Bonchev–Trinajstić information content (AvgIpc) is 3.45. The van der Waals surface area contributed by atoms with Crippen LogP contribution in [0.25, 0.3) is 22.1 Å². The molecule has 0 spiro atoms. The van der Waals surface area contributed by atoms with E-state index in [0.29, 0.717) is 22.4 Å². The number of nitrogens with one attached hydrogen (secondary N) is 1. The smallest absolute Gasteiger partial charge is 0.269 e. The number of hydrogen-bond acceptors (Lipinski definition) is 5. The number of hydrogen-bond donors (Lipinski definition) is 1. The van der Waals surface area contributed by atoms with Crippen molar-refractivity contribution in [2.24, 2.45) is 5.92 Å². The standard InChI is InChI=1S/C15H11ClN4O2S.C8H13N/c16-8-13-18-12-9-17-15-11(14(12)19-13)6-7-20(15)23(21,22)10-4-2-1-3-5-10;9-7-6-8-4-2-1-3-5-8/h1-7,9H,8H2,(H,18,19);8H,1-6H2. The van der Waals surface area contributed by atoms with Crippen LogP contribution in [0.3, 0.4) is 0 Å². The minimum absolute atomic E-state index is 0.211. The van der Waals surface area contributed by atoms with E-state index in [1.165, 1.54) is 42.3 Å². The summed E-state index contributed by atoms with van der Waals surface area (Å²) in [7, 11) is -3.70. The lowest BCUT2D eigenvalue weighted by Gasteiger charge is -2.17. The summed E-state index contributed by atoms with van der Waals surface area (Å²) in [4.78, 5) is 11.9. The zero-order valence-corrected chi connectivity index (χ0v) is 19.1. The molecule has 4 aromatic rings. The topological polar surface area (TPSA) is 104 Å². The van der Waals surface area contributed by atoms with Crippen LogP contribution in [0.1, 0.15) is 44.3 Å². The van der Waals surface area contributed by atoms with Gasteiger partial charge in [-0.15, -0.1) is 11.6 Å². The van der Waals surface area contributed by atoms with Crippen LogP contribution in [-0.2, 0) is 15.9 Å². The number of nitrogens with zero attached hydrogens (tertiary/aromatic N) is 4. The van der Waals surface area contributed by atoms with E-state index in [1.807, 2.05) is 0 Å². The van der Waals surface area contributed by atoms with Crippen LogP contribution in [0.5, 0.6) is 0 Å². The molecule has 0 amide bonds. The Morgan fingerprint density at radius 3 is 2.59 bits per heavy atom. The molecule has 0 aliphatic heterocycles. The average molecular weight is 470 g/mol. The van der Waals surface area contributed by atoms with Gasteiger partial charge in [0, 0.05) is 18.0 Å². The van der Waals surface area contributed by atoms with Crippen LogP contribution in [0.15, 0.2) is 53.7 Å². The molecule has 3 aromatic heterocycles. The fourth-order valence-corrected chi connectivity index (χ4v) is 5.51. The Kier molecular flexibility index (Phi) is 6.77. The summed E-state index contributed by atoms with van der Waals surface area (Å²) >= 11 is 5.79. The second-order valence-corrected chi connectivity index (χ2v) is 9.95. The van der Waals surface area contributed by atoms with E-state index < -0.39 is 10.0 Å². The zero-order chi connectivity index (χ0) is 22.6. The van der Waals surface area contributed by atoms with Gasteiger partial charge in [-0.05, 0) is 37.0 Å². The van der Waals surface area contributed by atoms with Crippen molar-refractivity contribution in [1.29, 1.82) is 5.26 Å². The van der Waals surface area contributed by atoms with E-state index in [1.54, 1.807) is 42.6 Å². The number of aromatic amines is 1. The van der Waals surface area contributed by atoms with Gasteiger partial charge in [0.25, 0.3) is 10.0 Å². The molecular weight excluding hydrogens is 446 g/mol. The summed E-state index contributed by atoms with van der Waals surface area (Å²) in [6.07, 6.45) is 10.5. The Balaban J connectivity index is 0.000000230. The lowest BCUT2D eigenvalue weighted by molar-refractivity contribution is 0.364. The number of fused-ring (bicyclic) bond motifs is 3. The minimum Gasteiger partial charge on any atom is -0.340 e. The third kappa shape index (κ3) is 4.50. The van der Waals surface area contributed by atoms with Crippen LogP contribution in [0.4, 0.5) is 0 Å². The number of aromatic nitrogens is 4. The number of halogens is 1. The molecule has 1 N–H and O–H groups in total. The number of pyridine rings is 1. The molecule has 1 aliphatic rings. The van der Waals surface area contributed by atoms with Crippen molar-refractivity contribution in [1.82, 2.24) is 18.9 Å². The molecule has 5 rings (SSSR count). The quantitative estimate of drug-likeness (QED) is 0.404. The Morgan fingerprint density at radius 1 is 1.16 bits per heavy atom. The predicted molar refractivity (Wildman–Crippen MR) is 125 cm³/mol. The molecule has 1 fully saturated rings. The number of rotatable bonds is 4. The highest BCUT2D eigenvalue weighted by atomic mass is 35.5. The van der Waals surface area contributed by atoms with E-state index in [4.69, 9.17) is 16.9 Å². The molecule has 0 radical (unpaired) electrons. The summed E-state index contributed by atoms with van der Waals surface area (Å²) in [5.74, 6) is 1.61. The van der Waals surface area contributed by atoms with E-state index in [0.717, 1.165) is 17.9 Å². The molecule has 166 valence electrons. The van der Waals surface area contributed by atoms with Crippen molar-refractivity contribution in [3.8, 4) is 6.07 Å². The van der Waals surface area contributed by atoms with Crippen LogP contribution < -0.4 is 0 Å². The number of H-pyrrole nitrogens is 1. The van der Waals surface area contributed by atoms with Gasteiger partial charge < -0.3 is 4.98 Å². The lowest BCUT2D eigenvalue weighted by Crippen LogP contribution is -2.12. The van der Waals surface area contributed by atoms with E-state index in [-0.39, 0.29) is 10.8 Å². The van der Waals surface area contributed by atoms with Gasteiger partial charge >= 0.3 is 0 Å². The first-order valence-electron chi connectivity index (χ1n) is 10.6. The van der Waals surface area contributed by atoms with Crippen LogP contribution in [-0.4, -0.2) is 27.3 Å². The van der Waals surface area contributed by atoms with Crippen LogP contribution in [0.2, 0.25) is 0 Å². The minimum atomic E-state index is -3.70. The predicted octanol–water partition coefficient (Wildman–Crippen LogP) is 5.37. The molecule has 0 saturated heterocycles. The van der Waals surface area contributed by atoms with Gasteiger partial charge in [0.15, 0.2) is 5.65 Å². The maximum atomic E-state index is 12.8. The van der Waals surface area contributed by atoms with Gasteiger partial charge in [-0.2, -0.15) is 5.26 Å². The summed E-state index contributed by atoms with van der Waals surface area (Å²) in [5, 5.41) is 9.03. The Labute approximate surface area is 192 Å². The molecular formula is C23H24ClN5O2S. The number of imidazole rings is 1. The summed E-state index contributed by atoms with van der Waals surface area (Å²) in [5.41, 5.74) is 1.73. The van der Waals surface area contributed by atoms with Gasteiger partial charge in [-0.3, -0.25) is 0 Å². The number of alkyl halides is 1. The third-order valence-corrected chi connectivity index (χ3v) is 7.64. The van der Waals surface area contributed by atoms with Gasteiger partial charge in [-0.25, -0.2) is 22.4 Å². The van der Waals surface area contributed by atoms with Crippen molar-refractivity contribution >= 4 is 43.7 Å².